The lowest BCUT2D eigenvalue weighted by atomic mass is 10.1. The molecule has 134 valence electrons. The lowest BCUT2D eigenvalue weighted by molar-refractivity contribution is -0.115. The monoisotopic (exact) mass is 379 g/mol. The number of rotatable bonds is 5. The van der Waals surface area contributed by atoms with Crippen LogP contribution in [0.4, 0.5) is 10.1 Å². The maximum Gasteiger partial charge on any atom is 0.230 e. The summed E-state index contributed by atoms with van der Waals surface area (Å²) >= 11 is 1.53. The van der Waals surface area contributed by atoms with E-state index in [1.165, 1.54) is 23.5 Å². The van der Waals surface area contributed by atoms with Gasteiger partial charge in [0.2, 0.25) is 11.8 Å². The molecule has 1 aromatic carbocycles. The smallest absolute Gasteiger partial charge is 0.230 e. The first-order valence-electron chi connectivity index (χ1n) is 8.17. The maximum atomic E-state index is 13.2. The molecule has 3 heterocycles. The molecule has 4 rings (SSSR count). The third-order valence-electron chi connectivity index (χ3n) is 3.85. The number of thiophene rings is 1. The van der Waals surface area contributed by atoms with Crippen molar-refractivity contribution in [1.82, 2.24) is 9.97 Å². The average Bonchev–Trinajstić information content (AvgIpc) is 3.33. The van der Waals surface area contributed by atoms with Crippen LogP contribution in [0, 0.1) is 5.82 Å². The van der Waals surface area contributed by atoms with Crippen molar-refractivity contribution in [2.45, 2.75) is 6.42 Å². The number of anilines is 1. The lowest BCUT2D eigenvalue weighted by Crippen LogP contribution is -2.15. The molecule has 0 aliphatic rings. The first kappa shape index (κ1) is 17.1. The van der Waals surface area contributed by atoms with E-state index in [1.54, 1.807) is 36.7 Å². The van der Waals surface area contributed by atoms with Gasteiger partial charge in [-0.05, 0) is 47.8 Å². The topological polar surface area (TPSA) is 68.0 Å². The normalized spacial score (nSPS) is 10.7. The molecule has 5 nitrogen and oxygen atoms in total. The van der Waals surface area contributed by atoms with Gasteiger partial charge in [-0.3, -0.25) is 9.78 Å². The van der Waals surface area contributed by atoms with E-state index < -0.39 is 0 Å². The Morgan fingerprint density at radius 2 is 2.00 bits per heavy atom. The van der Waals surface area contributed by atoms with Crippen molar-refractivity contribution >= 4 is 22.9 Å². The van der Waals surface area contributed by atoms with Crippen molar-refractivity contribution in [2.75, 3.05) is 5.32 Å². The summed E-state index contributed by atoms with van der Waals surface area (Å²) in [6.45, 7) is 0. The fraction of sp³-hybridized carbons (Fsp3) is 0.0500. The van der Waals surface area contributed by atoms with Crippen LogP contribution in [0.1, 0.15) is 5.69 Å². The zero-order valence-electron chi connectivity index (χ0n) is 14.1. The van der Waals surface area contributed by atoms with Crippen molar-refractivity contribution in [1.29, 1.82) is 0 Å². The molecular weight excluding hydrogens is 365 g/mol. The van der Waals surface area contributed by atoms with E-state index in [-0.39, 0.29) is 18.1 Å². The van der Waals surface area contributed by atoms with Crippen LogP contribution in [-0.2, 0) is 11.2 Å². The van der Waals surface area contributed by atoms with Crippen LogP contribution in [0.2, 0.25) is 0 Å². The van der Waals surface area contributed by atoms with E-state index in [4.69, 9.17) is 4.42 Å². The number of aromatic nitrogens is 2. The van der Waals surface area contributed by atoms with Gasteiger partial charge in [0.25, 0.3) is 0 Å². The summed E-state index contributed by atoms with van der Waals surface area (Å²) in [4.78, 5) is 20.9. The van der Waals surface area contributed by atoms with Gasteiger partial charge in [-0.2, -0.15) is 11.3 Å². The van der Waals surface area contributed by atoms with E-state index in [1.807, 2.05) is 16.8 Å². The number of hydrogen-bond acceptors (Lipinski definition) is 5. The van der Waals surface area contributed by atoms with Crippen LogP contribution in [-0.4, -0.2) is 15.9 Å². The lowest BCUT2D eigenvalue weighted by Gasteiger charge is -2.03. The van der Waals surface area contributed by atoms with E-state index in [9.17, 15) is 9.18 Å². The molecule has 0 spiro atoms. The van der Waals surface area contributed by atoms with Gasteiger partial charge in [-0.15, -0.1) is 0 Å². The molecule has 3 aromatic heterocycles. The molecule has 27 heavy (non-hydrogen) atoms. The molecule has 0 saturated heterocycles. The van der Waals surface area contributed by atoms with E-state index >= 15 is 0 Å². The Labute approximate surface area is 158 Å². The SMILES string of the molecule is O=C(Cc1nc(-c2ccc(F)cc2)oc1-c1ccsc1)Nc1cccnc1. The van der Waals surface area contributed by atoms with Gasteiger partial charge < -0.3 is 9.73 Å². The summed E-state index contributed by atoms with van der Waals surface area (Å²) in [6, 6.07) is 11.3. The minimum absolute atomic E-state index is 0.0464. The highest BCUT2D eigenvalue weighted by Gasteiger charge is 2.19. The molecule has 0 aliphatic carbocycles. The summed E-state index contributed by atoms with van der Waals surface area (Å²) in [5, 5.41) is 6.64. The van der Waals surface area contributed by atoms with Crippen LogP contribution >= 0.6 is 11.3 Å². The number of carbonyl (C=O) groups is 1. The molecule has 1 N–H and O–H groups in total. The maximum absolute atomic E-state index is 13.2. The minimum atomic E-state index is -0.334. The number of nitrogens with zero attached hydrogens (tertiary/aromatic N) is 2. The first-order chi connectivity index (χ1) is 13.2. The van der Waals surface area contributed by atoms with Gasteiger partial charge in [-0.25, -0.2) is 9.37 Å². The molecule has 0 atom stereocenters. The number of nitrogens with one attached hydrogen (secondary N) is 1. The number of hydrogen-bond donors (Lipinski definition) is 1. The molecule has 0 fully saturated rings. The quantitative estimate of drug-likeness (QED) is 0.542. The zero-order chi connectivity index (χ0) is 18.6. The minimum Gasteiger partial charge on any atom is -0.436 e. The molecule has 1 amide bonds. The second-order valence-electron chi connectivity index (χ2n) is 5.78. The van der Waals surface area contributed by atoms with E-state index in [0.29, 0.717) is 28.6 Å². The number of benzene rings is 1. The molecule has 4 aromatic rings. The van der Waals surface area contributed by atoms with Crippen molar-refractivity contribution in [3.05, 3.63) is 77.1 Å². The predicted octanol–water partition coefficient (Wildman–Crippen LogP) is 4.79. The average molecular weight is 379 g/mol. The van der Waals surface area contributed by atoms with Crippen LogP contribution < -0.4 is 5.32 Å². The van der Waals surface area contributed by atoms with Crippen LogP contribution in [0.3, 0.4) is 0 Å². The number of amides is 1. The molecule has 0 aliphatic heterocycles. The van der Waals surface area contributed by atoms with Crippen molar-refractivity contribution in [3.8, 4) is 22.8 Å². The van der Waals surface area contributed by atoms with Gasteiger partial charge in [-0.1, -0.05) is 0 Å². The van der Waals surface area contributed by atoms with Crippen LogP contribution in [0.5, 0.6) is 0 Å². The third kappa shape index (κ3) is 3.93. The fourth-order valence-corrected chi connectivity index (χ4v) is 3.24. The van der Waals surface area contributed by atoms with E-state index in [2.05, 4.69) is 15.3 Å². The molecule has 0 bridgehead atoms. The second-order valence-corrected chi connectivity index (χ2v) is 6.56. The van der Waals surface area contributed by atoms with Crippen molar-refractivity contribution in [2.24, 2.45) is 0 Å². The van der Waals surface area contributed by atoms with Crippen molar-refractivity contribution < 1.29 is 13.6 Å². The van der Waals surface area contributed by atoms with Crippen LogP contribution in [0.25, 0.3) is 22.8 Å². The standard InChI is InChI=1S/C20H14FN3O2S/c21-15-5-3-13(4-6-15)20-24-17(19(26-20)14-7-9-27-12-14)10-18(25)23-16-2-1-8-22-11-16/h1-9,11-12H,10H2,(H,23,25). The van der Waals surface area contributed by atoms with Gasteiger partial charge >= 0.3 is 0 Å². The summed E-state index contributed by atoms with van der Waals surface area (Å²) in [5.41, 5.74) is 2.63. The third-order valence-corrected chi connectivity index (χ3v) is 4.53. The summed E-state index contributed by atoms with van der Waals surface area (Å²) in [6.07, 6.45) is 3.26. The Balaban J connectivity index is 1.64. The Morgan fingerprint density at radius 1 is 1.15 bits per heavy atom. The highest BCUT2D eigenvalue weighted by molar-refractivity contribution is 7.08. The number of oxazole rings is 1. The Bertz CT molecular complexity index is 1040. The molecule has 7 heteroatoms. The number of halogens is 1. The predicted molar refractivity (Wildman–Crippen MR) is 102 cm³/mol. The summed E-state index contributed by atoms with van der Waals surface area (Å²) < 4.78 is 19.1. The first-order valence-corrected chi connectivity index (χ1v) is 9.11. The van der Waals surface area contributed by atoms with Gasteiger partial charge in [0, 0.05) is 22.7 Å². The second kappa shape index (κ2) is 7.51. The highest BCUT2D eigenvalue weighted by atomic mass is 32.1. The number of carbonyl (C=O) groups excluding carboxylic acids is 1. The largest absolute Gasteiger partial charge is 0.436 e. The van der Waals surface area contributed by atoms with Crippen molar-refractivity contribution in [3.63, 3.8) is 0 Å². The number of pyridine rings is 1. The van der Waals surface area contributed by atoms with Gasteiger partial charge in [0.15, 0.2) is 5.76 Å². The Hall–Kier alpha value is -3.32. The Morgan fingerprint density at radius 3 is 2.70 bits per heavy atom. The molecular formula is C20H14FN3O2S. The Kier molecular flexibility index (Phi) is 4.76. The van der Waals surface area contributed by atoms with Crippen LogP contribution in [0.15, 0.2) is 70.0 Å². The molecule has 0 saturated carbocycles. The highest BCUT2D eigenvalue weighted by Crippen LogP contribution is 2.31. The molecule has 0 unspecified atom stereocenters. The molecule has 0 radical (unpaired) electrons. The zero-order valence-corrected chi connectivity index (χ0v) is 14.9. The fourth-order valence-electron chi connectivity index (χ4n) is 2.60. The van der Waals surface area contributed by atoms with E-state index in [0.717, 1.165) is 5.56 Å². The summed E-state index contributed by atoms with van der Waals surface area (Å²) in [7, 11) is 0. The van der Waals surface area contributed by atoms with Gasteiger partial charge in [0.1, 0.15) is 5.82 Å². The van der Waals surface area contributed by atoms with Gasteiger partial charge in [0.05, 0.1) is 24.0 Å². The summed E-state index contributed by atoms with van der Waals surface area (Å²) in [5.74, 6) is 0.329.